The third-order valence-corrected chi connectivity index (χ3v) is 6.32. The zero-order valence-corrected chi connectivity index (χ0v) is 22.1. The summed E-state index contributed by atoms with van der Waals surface area (Å²) in [6, 6.07) is 39.0. The summed E-state index contributed by atoms with van der Waals surface area (Å²) in [4.78, 5) is 0. The standard InChI is InChI=1S/C29H28O.2ClH.Ti/c1-28(2,3)25-19-20-27(30)26(21-25)29(22-13-7-4-8-14-22,23-15-9-5-10-16-23)24-17-11-6-12-18-24;;;/h4-21,30H,1-3H3;2*1H;/q;;;+3/p-3. The van der Waals surface area contributed by atoms with E-state index in [0.29, 0.717) is 0 Å². The molecule has 0 saturated carbocycles. The molecule has 33 heavy (non-hydrogen) atoms. The van der Waals surface area contributed by atoms with Crippen molar-refractivity contribution < 1.29 is 49.0 Å². The van der Waals surface area contributed by atoms with Crippen LogP contribution in [0, 0.1) is 0 Å². The topological polar surface area (TPSA) is 9.23 Å². The molecule has 0 N–H and O–H groups in total. The van der Waals surface area contributed by atoms with Gasteiger partial charge >= 0.3 is 199 Å². The molecule has 0 unspecified atom stereocenters. The number of rotatable bonds is 5. The fraction of sp³-hybridized carbons (Fsp3) is 0.172. The van der Waals surface area contributed by atoms with Crippen molar-refractivity contribution in [3.8, 4) is 5.75 Å². The molecule has 0 aliphatic heterocycles. The first kappa shape index (κ1) is 27.2. The second-order valence-corrected chi connectivity index (χ2v) is 9.23. The van der Waals surface area contributed by atoms with Gasteiger partial charge in [0.05, 0.1) is 0 Å². The predicted molar refractivity (Wildman–Crippen MR) is 124 cm³/mol. The molecular formula is C29H27Cl2OTi. The van der Waals surface area contributed by atoms with E-state index < -0.39 is 5.41 Å². The minimum Gasteiger partial charge on any atom is -1.00 e. The molecule has 0 spiro atoms. The minimum absolute atomic E-state index is 0. The van der Waals surface area contributed by atoms with Crippen LogP contribution in [0.1, 0.15) is 48.6 Å². The molecular weight excluding hydrogens is 483 g/mol. The third kappa shape index (κ3) is 5.23. The number of halogens is 2. The molecule has 1 nitrogen and oxygen atoms in total. The Bertz CT molecular complexity index is 1040. The number of hydrogen-bond acceptors (Lipinski definition) is 1. The van der Waals surface area contributed by atoms with Gasteiger partial charge in [0, 0.05) is 0 Å². The van der Waals surface area contributed by atoms with E-state index in [2.05, 4.69) is 130 Å². The third-order valence-electron chi connectivity index (χ3n) is 5.98. The summed E-state index contributed by atoms with van der Waals surface area (Å²) < 4.78 is 5.98. The summed E-state index contributed by atoms with van der Waals surface area (Å²) >= 11 is 1.77. The summed E-state index contributed by atoms with van der Waals surface area (Å²) in [7, 11) is 0. The average molecular weight is 510 g/mol. The Balaban J connectivity index is 0.00000193. The molecule has 0 aromatic heterocycles. The number of hydrogen-bond donors (Lipinski definition) is 0. The van der Waals surface area contributed by atoms with Crippen molar-refractivity contribution in [3.63, 3.8) is 0 Å². The van der Waals surface area contributed by atoms with Crippen LogP contribution in [0.15, 0.2) is 109 Å². The van der Waals surface area contributed by atoms with Crippen LogP contribution >= 0.6 is 0 Å². The predicted octanol–water partition coefficient (Wildman–Crippen LogP) is 1.22. The van der Waals surface area contributed by atoms with Gasteiger partial charge in [-0.2, -0.15) is 0 Å². The smallest absolute Gasteiger partial charge is 1.00 e. The van der Waals surface area contributed by atoms with Crippen molar-refractivity contribution in [1.82, 2.24) is 0 Å². The van der Waals surface area contributed by atoms with Gasteiger partial charge in [-0.05, 0) is 0 Å². The summed E-state index contributed by atoms with van der Waals surface area (Å²) in [5, 5.41) is 0. The van der Waals surface area contributed by atoms with Crippen molar-refractivity contribution in [2.24, 2.45) is 0 Å². The Morgan fingerprint density at radius 1 is 0.545 bits per heavy atom. The molecule has 4 heteroatoms. The molecule has 0 radical (unpaired) electrons. The molecule has 0 saturated heterocycles. The maximum atomic E-state index is 5.98. The van der Waals surface area contributed by atoms with E-state index in [4.69, 9.17) is 3.32 Å². The summed E-state index contributed by atoms with van der Waals surface area (Å²) in [6.45, 7) is 6.77. The van der Waals surface area contributed by atoms with Gasteiger partial charge in [-0.25, -0.2) is 0 Å². The summed E-state index contributed by atoms with van der Waals surface area (Å²) in [5.41, 5.74) is 5.62. The fourth-order valence-electron chi connectivity index (χ4n) is 4.41. The second-order valence-electron chi connectivity index (χ2n) is 8.91. The first-order valence-corrected chi connectivity index (χ1v) is 11.3. The second kappa shape index (κ2) is 11.4. The molecule has 4 aromatic rings. The van der Waals surface area contributed by atoms with E-state index in [9.17, 15) is 0 Å². The summed E-state index contributed by atoms with van der Waals surface area (Å²) in [6.07, 6.45) is 0. The van der Waals surface area contributed by atoms with Crippen LogP contribution in [-0.2, 0) is 31.7 Å². The zero-order valence-electron chi connectivity index (χ0n) is 19.1. The Kier molecular flexibility index (Phi) is 9.41. The monoisotopic (exact) mass is 509 g/mol. The molecule has 167 valence electrons. The van der Waals surface area contributed by atoms with E-state index in [0.717, 1.165) is 11.3 Å². The van der Waals surface area contributed by atoms with Crippen LogP contribution in [0.2, 0.25) is 0 Å². The van der Waals surface area contributed by atoms with Crippen molar-refractivity contribution >= 4 is 0 Å². The van der Waals surface area contributed by atoms with E-state index >= 15 is 0 Å². The van der Waals surface area contributed by atoms with Gasteiger partial charge in [0.2, 0.25) is 0 Å². The maximum Gasteiger partial charge on any atom is -1.00 e. The molecule has 0 aliphatic rings. The molecule has 4 aromatic carbocycles. The van der Waals surface area contributed by atoms with Gasteiger partial charge in [-0.1, -0.05) is 0 Å². The maximum absolute atomic E-state index is 5.98. The molecule has 0 atom stereocenters. The Hall–Kier alpha value is -2.03. The first-order chi connectivity index (χ1) is 15.0. The van der Waals surface area contributed by atoms with Gasteiger partial charge in [-0.15, -0.1) is 0 Å². The number of benzene rings is 4. The van der Waals surface area contributed by atoms with Gasteiger partial charge < -0.3 is 24.8 Å². The van der Waals surface area contributed by atoms with Gasteiger partial charge in [0.25, 0.3) is 0 Å². The van der Waals surface area contributed by atoms with Crippen LogP contribution in [0.25, 0.3) is 0 Å². The average Bonchev–Trinajstić information content (AvgIpc) is 2.81. The Morgan fingerprint density at radius 2 is 0.939 bits per heavy atom. The summed E-state index contributed by atoms with van der Waals surface area (Å²) in [5.74, 6) is 0.893. The van der Waals surface area contributed by atoms with Crippen molar-refractivity contribution in [3.05, 3.63) is 137 Å². The zero-order chi connectivity index (χ0) is 21.9. The minimum atomic E-state index is -0.504. The normalized spacial score (nSPS) is 11.2. The first-order valence-electron chi connectivity index (χ1n) is 10.6. The van der Waals surface area contributed by atoms with Gasteiger partial charge in [0.15, 0.2) is 0 Å². The van der Waals surface area contributed by atoms with Crippen LogP contribution < -0.4 is 28.1 Å². The Morgan fingerprint density at radius 3 is 1.27 bits per heavy atom. The largest absolute Gasteiger partial charge is 1.00 e. The van der Waals surface area contributed by atoms with Crippen molar-refractivity contribution in [2.75, 3.05) is 0 Å². The van der Waals surface area contributed by atoms with Crippen LogP contribution in [0.4, 0.5) is 0 Å². The van der Waals surface area contributed by atoms with E-state index in [-0.39, 0.29) is 30.2 Å². The quantitative estimate of drug-likeness (QED) is 0.290. The van der Waals surface area contributed by atoms with Crippen LogP contribution in [0.5, 0.6) is 5.75 Å². The van der Waals surface area contributed by atoms with Crippen LogP contribution in [0.3, 0.4) is 0 Å². The molecule has 0 heterocycles. The van der Waals surface area contributed by atoms with E-state index in [1.54, 1.807) is 20.8 Å². The Labute approximate surface area is 222 Å². The fourth-order valence-corrected chi connectivity index (χ4v) is 4.69. The van der Waals surface area contributed by atoms with Crippen molar-refractivity contribution in [2.45, 2.75) is 31.6 Å². The van der Waals surface area contributed by atoms with Crippen molar-refractivity contribution in [1.29, 1.82) is 0 Å². The van der Waals surface area contributed by atoms with E-state index in [1.165, 1.54) is 22.3 Å². The van der Waals surface area contributed by atoms with Gasteiger partial charge in [0.1, 0.15) is 0 Å². The van der Waals surface area contributed by atoms with E-state index in [1.807, 2.05) is 0 Å². The molecule has 0 aliphatic carbocycles. The van der Waals surface area contributed by atoms with Crippen LogP contribution in [-0.4, -0.2) is 0 Å². The molecule has 0 fully saturated rings. The molecule has 0 amide bonds. The van der Waals surface area contributed by atoms with Gasteiger partial charge in [-0.3, -0.25) is 0 Å². The molecule has 4 rings (SSSR count). The molecule has 0 bridgehead atoms. The SMILES string of the molecule is CC(C)(C)c1ccc([O][Ti+2])c(C(c2ccccc2)(c2ccccc2)c2ccccc2)c1.[Cl-].[Cl-].